The third-order valence-electron chi connectivity index (χ3n) is 2.99. The molecule has 1 unspecified atom stereocenters. The summed E-state index contributed by atoms with van der Waals surface area (Å²) in [7, 11) is 0. The van der Waals surface area contributed by atoms with Crippen LogP contribution in [0.5, 0.6) is 0 Å². The summed E-state index contributed by atoms with van der Waals surface area (Å²) in [6.07, 6.45) is 2.80. The fourth-order valence-corrected chi connectivity index (χ4v) is 2.30. The smallest absolute Gasteiger partial charge is 0.128 e. The van der Waals surface area contributed by atoms with Crippen molar-refractivity contribution in [3.05, 3.63) is 58.5 Å². The lowest BCUT2D eigenvalue weighted by molar-refractivity contribution is 0.425. The molecule has 3 rings (SSSR count). The Hall–Kier alpha value is -1.25. The van der Waals surface area contributed by atoms with Crippen LogP contribution < -0.4 is 5.32 Å². The Bertz CT molecular complexity index is 489. The Morgan fingerprint density at radius 1 is 1.19 bits per heavy atom. The van der Waals surface area contributed by atoms with Crippen LogP contribution in [0.1, 0.15) is 22.9 Å². The molecule has 1 N–H and O–H groups in total. The molecule has 1 aromatic carbocycles. The molecule has 0 saturated carbocycles. The zero-order chi connectivity index (χ0) is 11.0. The molecule has 0 aliphatic carbocycles. The first-order valence-electron chi connectivity index (χ1n) is 5.40. The van der Waals surface area contributed by atoms with Crippen LogP contribution >= 0.6 is 11.6 Å². The molecule has 1 aliphatic heterocycles. The minimum atomic E-state index is 0.163. The maximum absolute atomic E-state index is 5.89. The molecule has 82 valence electrons. The number of fused-ring (bicyclic) bond motifs is 1. The Morgan fingerprint density at radius 2 is 2.00 bits per heavy atom. The van der Waals surface area contributed by atoms with E-state index in [9.17, 15) is 0 Å². The van der Waals surface area contributed by atoms with Crippen molar-refractivity contribution in [2.45, 2.75) is 12.5 Å². The highest BCUT2D eigenvalue weighted by atomic mass is 35.5. The van der Waals surface area contributed by atoms with E-state index < -0.39 is 0 Å². The molecule has 0 bridgehead atoms. The van der Waals surface area contributed by atoms with Gasteiger partial charge in [0.2, 0.25) is 0 Å². The third kappa shape index (κ3) is 1.64. The molecular weight excluding hydrogens is 222 g/mol. The topological polar surface area (TPSA) is 25.2 Å². The summed E-state index contributed by atoms with van der Waals surface area (Å²) in [5, 5.41) is 4.22. The number of rotatable bonds is 1. The lowest BCUT2D eigenvalue weighted by atomic mass is 9.97. The molecule has 1 aromatic heterocycles. The van der Waals surface area contributed by atoms with Crippen LogP contribution in [0.2, 0.25) is 5.02 Å². The molecule has 0 fully saturated rings. The molecule has 1 atom stereocenters. The van der Waals surface area contributed by atoms with E-state index in [4.69, 9.17) is 16.0 Å². The zero-order valence-corrected chi connectivity index (χ0v) is 9.50. The summed E-state index contributed by atoms with van der Waals surface area (Å²) in [4.78, 5) is 0. The van der Waals surface area contributed by atoms with Gasteiger partial charge in [-0.3, -0.25) is 0 Å². The van der Waals surface area contributed by atoms with Crippen molar-refractivity contribution in [3.8, 4) is 0 Å². The zero-order valence-electron chi connectivity index (χ0n) is 8.74. The molecule has 0 saturated heterocycles. The second-order valence-electron chi connectivity index (χ2n) is 4.00. The second-order valence-corrected chi connectivity index (χ2v) is 4.44. The van der Waals surface area contributed by atoms with Crippen LogP contribution in [0.4, 0.5) is 0 Å². The largest absolute Gasteiger partial charge is 0.467 e. The predicted octanol–water partition coefficient (Wildman–Crippen LogP) is 3.17. The van der Waals surface area contributed by atoms with E-state index in [-0.39, 0.29) is 6.04 Å². The van der Waals surface area contributed by atoms with Crippen molar-refractivity contribution in [2.75, 3.05) is 6.54 Å². The summed E-state index contributed by atoms with van der Waals surface area (Å²) in [5.74, 6) is 1.04. The highest BCUT2D eigenvalue weighted by Crippen LogP contribution is 2.29. The van der Waals surface area contributed by atoms with Gasteiger partial charge in [0.25, 0.3) is 0 Å². The lowest BCUT2D eigenvalue weighted by Crippen LogP contribution is -2.29. The fraction of sp³-hybridized carbons (Fsp3) is 0.231. The van der Waals surface area contributed by atoms with Crippen LogP contribution in [0.3, 0.4) is 0 Å². The van der Waals surface area contributed by atoms with Gasteiger partial charge >= 0.3 is 0 Å². The quantitative estimate of drug-likeness (QED) is 0.819. The molecule has 3 heteroatoms. The summed E-state index contributed by atoms with van der Waals surface area (Å²) in [6, 6.07) is 10.1. The number of nitrogens with one attached hydrogen (secondary N) is 1. The SMILES string of the molecule is Clc1ccc(C2NCCc3ccoc32)cc1. The van der Waals surface area contributed by atoms with Gasteiger partial charge in [-0.2, -0.15) is 0 Å². The fourth-order valence-electron chi connectivity index (χ4n) is 2.18. The van der Waals surface area contributed by atoms with Crippen molar-refractivity contribution < 1.29 is 4.42 Å². The number of benzene rings is 1. The molecule has 1 aliphatic rings. The van der Waals surface area contributed by atoms with Gasteiger partial charge in [-0.25, -0.2) is 0 Å². The van der Waals surface area contributed by atoms with E-state index in [1.165, 1.54) is 11.1 Å². The number of furan rings is 1. The molecule has 0 amide bonds. The van der Waals surface area contributed by atoms with Gasteiger partial charge in [0.05, 0.1) is 12.3 Å². The summed E-state index contributed by atoms with van der Waals surface area (Å²) in [5.41, 5.74) is 2.50. The Balaban J connectivity index is 2.00. The molecule has 0 spiro atoms. The monoisotopic (exact) mass is 233 g/mol. The molecule has 0 radical (unpaired) electrons. The first-order valence-corrected chi connectivity index (χ1v) is 5.77. The Morgan fingerprint density at radius 3 is 2.81 bits per heavy atom. The molecule has 2 heterocycles. The Kier molecular flexibility index (Phi) is 2.46. The van der Waals surface area contributed by atoms with Crippen LogP contribution in [0.15, 0.2) is 41.0 Å². The third-order valence-corrected chi connectivity index (χ3v) is 3.24. The van der Waals surface area contributed by atoms with E-state index in [0.717, 1.165) is 23.7 Å². The maximum Gasteiger partial charge on any atom is 0.128 e. The van der Waals surface area contributed by atoms with E-state index >= 15 is 0 Å². The highest BCUT2D eigenvalue weighted by molar-refractivity contribution is 6.30. The molecule has 16 heavy (non-hydrogen) atoms. The molecular formula is C13H12ClNO. The van der Waals surface area contributed by atoms with Crippen molar-refractivity contribution in [1.82, 2.24) is 5.32 Å². The molecule has 2 aromatic rings. The van der Waals surface area contributed by atoms with Crippen LogP contribution in [-0.4, -0.2) is 6.54 Å². The number of halogens is 1. The van der Waals surface area contributed by atoms with Gasteiger partial charge in [0, 0.05) is 11.6 Å². The second kappa shape index (κ2) is 3.96. The van der Waals surface area contributed by atoms with Gasteiger partial charge in [-0.15, -0.1) is 0 Å². The average Bonchev–Trinajstić information content (AvgIpc) is 2.78. The highest BCUT2D eigenvalue weighted by Gasteiger charge is 2.23. The molecule has 2 nitrogen and oxygen atoms in total. The number of hydrogen-bond acceptors (Lipinski definition) is 2. The first-order chi connectivity index (χ1) is 7.84. The normalized spacial score (nSPS) is 19.4. The Labute approximate surface area is 99.2 Å². The lowest BCUT2D eigenvalue weighted by Gasteiger charge is -2.23. The van der Waals surface area contributed by atoms with Gasteiger partial charge < -0.3 is 9.73 Å². The van der Waals surface area contributed by atoms with Gasteiger partial charge in [-0.1, -0.05) is 23.7 Å². The van der Waals surface area contributed by atoms with E-state index in [1.54, 1.807) is 6.26 Å². The van der Waals surface area contributed by atoms with Gasteiger partial charge in [0.15, 0.2) is 0 Å². The average molecular weight is 234 g/mol. The van der Waals surface area contributed by atoms with E-state index in [1.807, 2.05) is 24.3 Å². The minimum absolute atomic E-state index is 0.163. The van der Waals surface area contributed by atoms with E-state index in [2.05, 4.69) is 11.4 Å². The van der Waals surface area contributed by atoms with Gasteiger partial charge in [0.1, 0.15) is 5.76 Å². The predicted molar refractivity (Wildman–Crippen MR) is 63.7 cm³/mol. The summed E-state index contributed by atoms with van der Waals surface area (Å²) in [6.45, 7) is 0.986. The van der Waals surface area contributed by atoms with Crippen molar-refractivity contribution in [1.29, 1.82) is 0 Å². The van der Waals surface area contributed by atoms with Crippen LogP contribution in [-0.2, 0) is 6.42 Å². The number of hydrogen-bond donors (Lipinski definition) is 1. The van der Waals surface area contributed by atoms with Crippen LogP contribution in [0, 0.1) is 0 Å². The van der Waals surface area contributed by atoms with Crippen molar-refractivity contribution in [2.24, 2.45) is 0 Å². The van der Waals surface area contributed by atoms with Crippen LogP contribution in [0.25, 0.3) is 0 Å². The van der Waals surface area contributed by atoms with Crippen molar-refractivity contribution in [3.63, 3.8) is 0 Å². The summed E-state index contributed by atoms with van der Waals surface area (Å²) < 4.78 is 5.56. The minimum Gasteiger partial charge on any atom is -0.467 e. The summed E-state index contributed by atoms with van der Waals surface area (Å²) >= 11 is 5.89. The first kappa shape index (κ1) is 9.94. The van der Waals surface area contributed by atoms with E-state index in [0.29, 0.717) is 0 Å². The van der Waals surface area contributed by atoms with Gasteiger partial charge in [-0.05, 0) is 35.7 Å². The van der Waals surface area contributed by atoms with Crippen molar-refractivity contribution >= 4 is 11.6 Å². The standard InChI is InChI=1S/C13H12ClNO/c14-11-3-1-9(2-4-11)12-13-10(5-7-15-12)6-8-16-13/h1-4,6,8,12,15H,5,7H2. The maximum atomic E-state index is 5.89.